The summed E-state index contributed by atoms with van der Waals surface area (Å²) in [5.41, 5.74) is -0.359. The number of aromatic nitrogens is 3. The molecule has 6 nitrogen and oxygen atoms in total. The van der Waals surface area contributed by atoms with E-state index in [9.17, 15) is 9.50 Å². The van der Waals surface area contributed by atoms with E-state index in [2.05, 4.69) is 19.7 Å². The fraction of sp³-hybridized carbons (Fsp3) is 0.125. The molecule has 0 bridgehead atoms. The highest BCUT2D eigenvalue weighted by Gasteiger charge is 2.19. The fourth-order valence-corrected chi connectivity index (χ4v) is 1.47. The van der Waals surface area contributed by atoms with Gasteiger partial charge >= 0.3 is 6.01 Å². The Bertz CT molecular complexity index is 578. The Hall–Kier alpha value is -1.89. The number of aromatic hydroxyl groups is 2. The quantitative estimate of drug-likeness (QED) is 0.735. The van der Waals surface area contributed by atoms with Crippen molar-refractivity contribution in [2.75, 3.05) is 7.11 Å². The van der Waals surface area contributed by atoms with Crippen molar-refractivity contribution in [3.05, 3.63) is 11.0 Å². The third-order valence-electron chi connectivity index (χ3n) is 1.87. The van der Waals surface area contributed by atoms with Gasteiger partial charge in [0.2, 0.25) is 11.7 Å². The number of methoxy groups -OCH3 is 1. The van der Waals surface area contributed by atoms with Crippen LogP contribution in [0.1, 0.15) is 0 Å². The number of fused-ring (bicyclic) bond motifs is 1. The number of hydrogen-bond donors (Lipinski definition) is 2. The Balaban J connectivity index is 2.95. The average molecular weight is 246 g/mol. The Kier molecular flexibility index (Phi) is 2.39. The first kappa shape index (κ1) is 10.6. The Labute approximate surface area is 93.3 Å². The van der Waals surface area contributed by atoms with Gasteiger partial charge in [0.25, 0.3) is 5.88 Å². The first-order valence-corrected chi connectivity index (χ1v) is 4.41. The summed E-state index contributed by atoms with van der Waals surface area (Å²) in [6.07, 6.45) is 0. The molecule has 16 heavy (non-hydrogen) atoms. The van der Waals surface area contributed by atoms with Crippen LogP contribution in [0, 0.1) is 5.82 Å². The van der Waals surface area contributed by atoms with E-state index < -0.39 is 17.7 Å². The van der Waals surface area contributed by atoms with Crippen molar-refractivity contribution in [1.82, 2.24) is 15.0 Å². The highest BCUT2D eigenvalue weighted by atomic mass is 35.5. The normalized spacial score (nSPS) is 10.7. The van der Waals surface area contributed by atoms with Gasteiger partial charge in [-0.25, -0.2) is 0 Å². The summed E-state index contributed by atoms with van der Waals surface area (Å²) in [7, 11) is 1.20. The molecule has 84 valence electrons. The summed E-state index contributed by atoms with van der Waals surface area (Å²) in [5, 5.41) is 18.0. The molecular formula is C8H5ClFN3O3. The van der Waals surface area contributed by atoms with E-state index in [4.69, 9.17) is 16.7 Å². The van der Waals surface area contributed by atoms with Crippen LogP contribution in [0.2, 0.25) is 5.15 Å². The number of halogens is 2. The van der Waals surface area contributed by atoms with Crippen molar-refractivity contribution < 1.29 is 19.3 Å². The predicted molar refractivity (Wildman–Crippen MR) is 52.2 cm³/mol. The van der Waals surface area contributed by atoms with Crippen LogP contribution in [-0.4, -0.2) is 32.3 Å². The Morgan fingerprint density at radius 2 is 1.94 bits per heavy atom. The number of ether oxygens (including phenoxy) is 1. The summed E-state index contributed by atoms with van der Waals surface area (Å²) in [6, 6.07) is -0.770. The minimum atomic E-state index is -0.935. The largest absolute Gasteiger partial charge is 0.493 e. The van der Waals surface area contributed by atoms with Gasteiger partial charge < -0.3 is 14.9 Å². The zero-order valence-electron chi connectivity index (χ0n) is 7.90. The first-order valence-electron chi connectivity index (χ1n) is 4.03. The van der Waals surface area contributed by atoms with Crippen LogP contribution >= 0.6 is 11.6 Å². The molecule has 2 heterocycles. The van der Waals surface area contributed by atoms with Gasteiger partial charge in [-0.2, -0.15) is 19.3 Å². The van der Waals surface area contributed by atoms with Crippen molar-refractivity contribution in [3.63, 3.8) is 0 Å². The lowest BCUT2D eigenvalue weighted by Crippen LogP contribution is -1.97. The molecule has 0 radical (unpaired) electrons. The molecular weight excluding hydrogens is 241 g/mol. The number of rotatable bonds is 1. The van der Waals surface area contributed by atoms with E-state index in [1.54, 1.807) is 0 Å². The number of hydrogen-bond acceptors (Lipinski definition) is 6. The molecule has 0 aliphatic rings. The van der Waals surface area contributed by atoms with E-state index in [0.717, 1.165) is 0 Å². The third-order valence-corrected chi connectivity index (χ3v) is 2.15. The molecule has 0 saturated carbocycles. The second-order valence-electron chi connectivity index (χ2n) is 2.80. The molecule has 2 aromatic rings. The maximum atomic E-state index is 13.7. The fourth-order valence-electron chi connectivity index (χ4n) is 1.22. The molecule has 0 saturated heterocycles. The smallest absolute Gasteiger partial charge is 0.317 e. The monoisotopic (exact) mass is 245 g/mol. The summed E-state index contributed by atoms with van der Waals surface area (Å²) >= 11 is 5.69. The van der Waals surface area contributed by atoms with Crippen molar-refractivity contribution in [1.29, 1.82) is 0 Å². The first-order chi connectivity index (χ1) is 7.54. The van der Waals surface area contributed by atoms with Gasteiger partial charge in [0.1, 0.15) is 16.1 Å². The molecule has 0 unspecified atom stereocenters. The number of pyridine rings is 1. The zero-order chi connectivity index (χ0) is 11.9. The van der Waals surface area contributed by atoms with E-state index in [0.29, 0.717) is 0 Å². The summed E-state index contributed by atoms with van der Waals surface area (Å²) in [6.45, 7) is 0. The molecule has 0 spiro atoms. The molecule has 8 heteroatoms. The van der Waals surface area contributed by atoms with Gasteiger partial charge in [-0.3, -0.25) is 0 Å². The molecule has 2 rings (SSSR count). The van der Waals surface area contributed by atoms with E-state index >= 15 is 0 Å². The standard InChI is InChI=1S/C8H5ClFN3O3/c1-16-7-3(10)4-2(5(9)12-7)6(14)13-8(15)11-4/h1H3,(H2,11,13,14,15). The van der Waals surface area contributed by atoms with Crippen molar-refractivity contribution in [2.45, 2.75) is 0 Å². The van der Waals surface area contributed by atoms with E-state index in [-0.39, 0.29) is 21.9 Å². The SMILES string of the molecule is COc1nc(Cl)c2c(O)nc(O)nc2c1F. The maximum Gasteiger partial charge on any atom is 0.317 e. The van der Waals surface area contributed by atoms with Crippen LogP contribution in [-0.2, 0) is 0 Å². The lowest BCUT2D eigenvalue weighted by Gasteiger charge is -2.06. The second kappa shape index (κ2) is 3.60. The van der Waals surface area contributed by atoms with Crippen molar-refractivity contribution in [3.8, 4) is 17.8 Å². The van der Waals surface area contributed by atoms with Gasteiger partial charge in [-0.05, 0) is 0 Å². The third kappa shape index (κ3) is 1.45. The molecule has 2 N–H and O–H groups in total. The molecule has 0 aromatic carbocycles. The van der Waals surface area contributed by atoms with Gasteiger partial charge in [0.05, 0.1) is 7.11 Å². The topological polar surface area (TPSA) is 88.4 Å². The predicted octanol–water partition coefficient (Wildman–Crippen LogP) is 1.24. The van der Waals surface area contributed by atoms with Gasteiger partial charge in [-0.1, -0.05) is 11.6 Å². The number of nitrogens with zero attached hydrogens (tertiary/aromatic N) is 3. The molecule has 0 fully saturated rings. The van der Waals surface area contributed by atoms with Crippen LogP contribution in [0.4, 0.5) is 4.39 Å². The van der Waals surface area contributed by atoms with E-state index in [1.807, 2.05) is 0 Å². The minimum Gasteiger partial charge on any atom is -0.493 e. The molecule has 0 amide bonds. The van der Waals surface area contributed by atoms with Crippen LogP contribution in [0.25, 0.3) is 10.9 Å². The molecule has 0 atom stereocenters. The lowest BCUT2D eigenvalue weighted by molar-refractivity contribution is 0.369. The average Bonchev–Trinajstić information content (AvgIpc) is 2.22. The zero-order valence-corrected chi connectivity index (χ0v) is 8.66. The molecule has 0 aliphatic carbocycles. The minimum absolute atomic E-state index is 0.183. The lowest BCUT2D eigenvalue weighted by atomic mass is 10.3. The summed E-state index contributed by atoms with van der Waals surface area (Å²) in [4.78, 5) is 10.2. The van der Waals surface area contributed by atoms with Gasteiger partial charge in [0.15, 0.2) is 0 Å². The highest BCUT2D eigenvalue weighted by molar-refractivity contribution is 6.34. The van der Waals surface area contributed by atoms with Crippen molar-refractivity contribution in [2.24, 2.45) is 0 Å². The summed E-state index contributed by atoms with van der Waals surface area (Å²) < 4.78 is 18.3. The van der Waals surface area contributed by atoms with Crippen LogP contribution in [0.15, 0.2) is 0 Å². The van der Waals surface area contributed by atoms with Crippen LogP contribution in [0.3, 0.4) is 0 Å². The van der Waals surface area contributed by atoms with Gasteiger partial charge in [-0.15, -0.1) is 0 Å². The van der Waals surface area contributed by atoms with Crippen LogP contribution in [0.5, 0.6) is 17.8 Å². The second-order valence-corrected chi connectivity index (χ2v) is 3.15. The molecule has 0 aliphatic heterocycles. The maximum absolute atomic E-state index is 13.7. The van der Waals surface area contributed by atoms with Gasteiger partial charge in [0, 0.05) is 0 Å². The Morgan fingerprint density at radius 1 is 1.25 bits per heavy atom. The van der Waals surface area contributed by atoms with Crippen LogP contribution < -0.4 is 4.74 Å². The van der Waals surface area contributed by atoms with E-state index in [1.165, 1.54) is 7.11 Å². The summed E-state index contributed by atoms with van der Waals surface area (Å²) in [5.74, 6) is -1.97. The highest BCUT2D eigenvalue weighted by Crippen LogP contribution is 2.33. The van der Waals surface area contributed by atoms with Crippen molar-refractivity contribution >= 4 is 22.5 Å². The Morgan fingerprint density at radius 3 is 2.56 bits per heavy atom. The molecule has 2 aromatic heterocycles.